The second-order valence-corrected chi connectivity index (χ2v) is 6.31. The van der Waals surface area contributed by atoms with E-state index in [1.807, 2.05) is 0 Å². The Morgan fingerprint density at radius 3 is 2.58 bits per heavy atom. The first-order chi connectivity index (χ1) is 12.3. The summed E-state index contributed by atoms with van der Waals surface area (Å²) in [5, 5.41) is 21.6. The second-order valence-electron chi connectivity index (χ2n) is 6.31. The summed E-state index contributed by atoms with van der Waals surface area (Å²) in [7, 11) is 0. The zero-order valence-corrected chi connectivity index (χ0v) is 14.0. The lowest BCUT2D eigenvalue weighted by atomic mass is 9.91. The van der Waals surface area contributed by atoms with Crippen molar-refractivity contribution in [2.75, 3.05) is 11.9 Å². The highest BCUT2D eigenvalue weighted by Crippen LogP contribution is 2.43. The number of benzene rings is 1. The van der Waals surface area contributed by atoms with Gasteiger partial charge in [-0.2, -0.15) is 0 Å². The van der Waals surface area contributed by atoms with E-state index in [0.717, 1.165) is 6.92 Å². The molecule has 26 heavy (non-hydrogen) atoms. The predicted octanol–water partition coefficient (Wildman–Crippen LogP) is 1.15. The van der Waals surface area contributed by atoms with E-state index in [2.05, 4.69) is 10.3 Å². The van der Waals surface area contributed by atoms with Crippen molar-refractivity contribution in [1.82, 2.24) is 4.98 Å². The Balaban J connectivity index is 1.82. The molecule has 0 radical (unpaired) electrons. The van der Waals surface area contributed by atoms with Gasteiger partial charge < -0.3 is 25.3 Å². The minimum absolute atomic E-state index is 0.0392. The van der Waals surface area contributed by atoms with Crippen molar-refractivity contribution in [2.45, 2.75) is 30.9 Å². The first-order valence-corrected chi connectivity index (χ1v) is 8.07. The van der Waals surface area contributed by atoms with Crippen LogP contribution in [0.25, 0.3) is 0 Å². The molecule has 1 aromatic heterocycles. The van der Waals surface area contributed by atoms with Crippen molar-refractivity contribution < 1.29 is 24.1 Å². The van der Waals surface area contributed by atoms with Crippen LogP contribution in [-0.4, -0.2) is 45.6 Å². The molecule has 0 spiro atoms. The number of pyridine rings is 1. The molecule has 0 saturated carbocycles. The van der Waals surface area contributed by atoms with Gasteiger partial charge in [-0.1, -0.05) is 18.2 Å². The number of rotatable bonds is 4. The maximum atomic E-state index is 14.8. The molecule has 1 aliphatic rings. The molecule has 0 bridgehead atoms. The maximum Gasteiger partial charge on any atom is 0.256 e. The number of carbonyl (C=O) groups is 1. The van der Waals surface area contributed by atoms with E-state index in [-0.39, 0.29) is 11.4 Å². The molecule has 4 unspecified atom stereocenters. The van der Waals surface area contributed by atoms with Crippen LogP contribution < -0.4 is 10.9 Å². The Bertz CT molecular complexity index is 852. The summed E-state index contributed by atoms with van der Waals surface area (Å²) in [5.41, 5.74) is -2.52. The predicted molar refractivity (Wildman–Crippen MR) is 91.7 cm³/mol. The number of nitrogens with one attached hydrogen (secondary N) is 2. The van der Waals surface area contributed by atoms with Crippen molar-refractivity contribution in [3.63, 3.8) is 0 Å². The minimum atomic E-state index is -2.24. The number of alkyl halides is 1. The Morgan fingerprint density at radius 2 is 2.00 bits per heavy atom. The molecule has 1 aromatic carbocycles. The fourth-order valence-corrected chi connectivity index (χ4v) is 2.97. The van der Waals surface area contributed by atoms with E-state index < -0.39 is 42.1 Å². The summed E-state index contributed by atoms with van der Waals surface area (Å²) in [6.45, 7) is 0.544. The molecular weight excluding hydrogens is 343 g/mol. The lowest BCUT2D eigenvalue weighted by Crippen LogP contribution is -2.40. The average molecular weight is 362 g/mol. The fourth-order valence-electron chi connectivity index (χ4n) is 2.97. The highest BCUT2D eigenvalue weighted by molar-refractivity contribution is 6.03. The molecule has 8 heteroatoms. The maximum absolute atomic E-state index is 14.8. The van der Waals surface area contributed by atoms with Crippen molar-refractivity contribution in [1.29, 1.82) is 0 Å². The van der Waals surface area contributed by atoms with E-state index >= 15 is 0 Å². The van der Waals surface area contributed by atoms with Gasteiger partial charge in [0.25, 0.3) is 11.5 Å². The molecule has 4 N–H and O–H groups in total. The molecular formula is C18H19FN2O5. The van der Waals surface area contributed by atoms with Gasteiger partial charge in [0.1, 0.15) is 24.1 Å². The van der Waals surface area contributed by atoms with E-state index in [4.69, 9.17) is 9.84 Å². The number of aromatic nitrogens is 1. The molecule has 138 valence electrons. The van der Waals surface area contributed by atoms with Crippen LogP contribution in [-0.2, 0) is 4.74 Å². The van der Waals surface area contributed by atoms with Crippen LogP contribution in [0, 0.1) is 0 Å². The van der Waals surface area contributed by atoms with Crippen LogP contribution in [0.1, 0.15) is 28.9 Å². The highest BCUT2D eigenvalue weighted by atomic mass is 19.1. The topological polar surface area (TPSA) is 112 Å². The summed E-state index contributed by atoms with van der Waals surface area (Å²) in [6, 6.07) is 11.2. The van der Waals surface area contributed by atoms with E-state index in [1.54, 1.807) is 30.3 Å². The molecule has 2 heterocycles. The van der Waals surface area contributed by atoms with Crippen LogP contribution in [0.2, 0.25) is 0 Å². The van der Waals surface area contributed by atoms with Gasteiger partial charge in [-0.25, -0.2) is 4.39 Å². The number of aliphatic hydroxyl groups excluding tert-OH is 2. The van der Waals surface area contributed by atoms with Gasteiger partial charge in [0, 0.05) is 11.1 Å². The Morgan fingerprint density at radius 1 is 1.31 bits per heavy atom. The number of amides is 1. The molecule has 3 rings (SSSR count). The van der Waals surface area contributed by atoms with Gasteiger partial charge in [0.15, 0.2) is 5.67 Å². The number of hydrogen-bond donors (Lipinski definition) is 4. The summed E-state index contributed by atoms with van der Waals surface area (Å²) in [6.07, 6.45) is -4.02. The Labute approximate surface area is 148 Å². The monoisotopic (exact) mass is 362 g/mol. The van der Waals surface area contributed by atoms with Crippen LogP contribution in [0.15, 0.2) is 47.3 Å². The van der Waals surface area contributed by atoms with Crippen LogP contribution >= 0.6 is 0 Å². The van der Waals surface area contributed by atoms with Crippen LogP contribution in [0.4, 0.5) is 10.2 Å². The van der Waals surface area contributed by atoms with Gasteiger partial charge in [0.05, 0.1) is 6.61 Å². The normalized spacial score (nSPS) is 28.1. The van der Waals surface area contributed by atoms with Crippen molar-refractivity contribution >= 4 is 11.7 Å². The van der Waals surface area contributed by atoms with Gasteiger partial charge in [-0.3, -0.25) is 9.59 Å². The third-order valence-corrected chi connectivity index (χ3v) is 4.44. The van der Waals surface area contributed by atoms with Crippen LogP contribution in [0.3, 0.4) is 0 Å². The second kappa shape index (κ2) is 6.99. The Hall–Kier alpha value is -2.55. The molecule has 1 saturated heterocycles. The summed E-state index contributed by atoms with van der Waals surface area (Å²) in [4.78, 5) is 26.9. The first kappa shape index (κ1) is 18.2. The lowest BCUT2D eigenvalue weighted by molar-refractivity contribution is -0.0233. The summed E-state index contributed by atoms with van der Waals surface area (Å²) < 4.78 is 20.1. The van der Waals surface area contributed by atoms with Crippen LogP contribution in [0.5, 0.6) is 0 Å². The number of halogens is 1. The van der Waals surface area contributed by atoms with E-state index in [9.17, 15) is 19.1 Å². The zero-order valence-electron chi connectivity index (χ0n) is 14.0. The first-order valence-electron chi connectivity index (χ1n) is 8.07. The number of hydrogen-bond acceptors (Lipinski definition) is 5. The highest BCUT2D eigenvalue weighted by Gasteiger charge is 2.54. The van der Waals surface area contributed by atoms with Gasteiger partial charge >= 0.3 is 0 Å². The lowest BCUT2D eigenvalue weighted by Gasteiger charge is -2.23. The molecule has 0 aliphatic carbocycles. The summed E-state index contributed by atoms with van der Waals surface area (Å²) in [5.74, 6) is -0.261. The zero-order chi connectivity index (χ0) is 18.9. The molecule has 2 aromatic rings. The number of aromatic amines is 1. The molecule has 1 fully saturated rings. The van der Waals surface area contributed by atoms with Crippen molar-refractivity contribution in [3.8, 4) is 0 Å². The molecule has 1 aliphatic heterocycles. The standard InChI is InChI=1S/C18H19FN2O5/c1-18(19)14(23)12(9-22)26-15(18)11-7-8-13(21-17(11)25)20-16(24)10-5-3-2-4-6-10/h2-8,12,14-15,22-23H,9H2,1H3,(H2,20,21,24,25). The largest absolute Gasteiger partial charge is 0.394 e. The fraction of sp³-hybridized carbons (Fsp3) is 0.333. The van der Waals surface area contributed by atoms with Crippen molar-refractivity contribution in [2.24, 2.45) is 0 Å². The van der Waals surface area contributed by atoms with E-state index in [0.29, 0.717) is 5.56 Å². The van der Waals surface area contributed by atoms with Crippen molar-refractivity contribution in [3.05, 3.63) is 63.9 Å². The van der Waals surface area contributed by atoms with Gasteiger partial charge in [0.2, 0.25) is 0 Å². The molecule has 4 atom stereocenters. The number of H-pyrrole nitrogens is 1. The molecule has 1 amide bonds. The number of anilines is 1. The number of carbonyl (C=O) groups excluding carboxylic acids is 1. The molecule has 7 nitrogen and oxygen atoms in total. The SMILES string of the molecule is CC1(F)C(c2ccc(NC(=O)c3ccccc3)[nH]c2=O)OC(CO)C1O. The minimum Gasteiger partial charge on any atom is -0.394 e. The van der Waals surface area contributed by atoms with Gasteiger partial charge in [-0.15, -0.1) is 0 Å². The number of aliphatic hydroxyl groups is 2. The quantitative estimate of drug-likeness (QED) is 0.652. The average Bonchev–Trinajstić information content (AvgIpc) is 2.85. The summed E-state index contributed by atoms with van der Waals surface area (Å²) >= 11 is 0. The smallest absolute Gasteiger partial charge is 0.256 e. The Kier molecular flexibility index (Phi) is 4.90. The third kappa shape index (κ3) is 3.26. The third-order valence-electron chi connectivity index (χ3n) is 4.44. The van der Waals surface area contributed by atoms with E-state index in [1.165, 1.54) is 12.1 Å². The number of ether oxygens (including phenoxy) is 1. The van der Waals surface area contributed by atoms with Gasteiger partial charge in [-0.05, 0) is 31.2 Å².